The minimum absolute atomic E-state index is 0.349. The molecule has 0 aliphatic carbocycles. The Morgan fingerprint density at radius 2 is 2.18 bits per heavy atom. The Kier molecular flexibility index (Phi) is 3.51. The van der Waals surface area contributed by atoms with E-state index in [0.29, 0.717) is 13.2 Å². The lowest BCUT2D eigenvalue weighted by molar-refractivity contribution is 0.178. The maximum atomic E-state index is 5.62. The predicted molar refractivity (Wildman–Crippen MR) is 65.1 cm³/mol. The third-order valence-electron chi connectivity index (χ3n) is 2.52. The highest BCUT2D eigenvalue weighted by Crippen LogP contribution is 2.22. The van der Waals surface area contributed by atoms with Crippen molar-refractivity contribution in [2.45, 2.75) is 27.0 Å². The van der Waals surface area contributed by atoms with Crippen LogP contribution >= 0.6 is 11.3 Å². The molecule has 6 nitrogen and oxygen atoms in total. The monoisotopic (exact) mass is 253 g/mol. The van der Waals surface area contributed by atoms with Crippen molar-refractivity contribution in [2.75, 3.05) is 7.11 Å². The van der Waals surface area contributed by atoms with Gasteiger partial charge in [-0.25, -0.2) is 4.98 Å². The third kappa shape index (κ3) is 2.21. The van der Waals surface area contributed by atoms with Crippen molar-refractivity contribution in [1.82, 2.24) is 20.0 Å². The summed E-state index contributed by atoms with van der Waals surface area (Å²) in [5.41, 5.74) is 8.24. The first-order valence-corrected chi connectivity index (χ1v) is 6.06. The molecule has 0 aromatic carbocycles. The molecule has 0 aliphatic heterocycles. The molecule has 0 amide bonds. The summed E-state index contributed by atoms with van der Waals surface area (Å²) in [6.45, 7) is 4.79. The lowest BCUT2D eigenvalue weighted by Gasteiger charge is -2.02. The average Bonchev–Trinajstić information content (AvgIpc) is 2.84. The summed E-state index contributed by atoms with van der Waals surface area (Å²) in [7, 11) is 1.63. The molecule has 0 spiro atoms. The summed E-state index contributed by atoms with van der Waals surface area (Å²) >= 11 is 1.58. The second-order valence-electron chi connectivity index (χ2n) is 3.67. The number of ether oxygens (including phenoxy) is 1. The quantitative estimate of drug-likeness (QED) is 0.877. The van der Waals surface area contributed by atoms with Crippen LogP contribution in [0.15, 0.2) is 0 Å². The van der Waals surface area contributed by atoms with Crippen molar-refractivity contribution in [2.24, 2.45) is 5.73 Å². The fourth-order valence-corrected chi connectivity index (χ4v) is 2.36. The Balaban J connectivity index is 2.47. The number of aromatic nitrogens is 4. The number of hydrogen-bond donors (Lipinski definition) is 1. The first-order chi connectivity index (χ1) is 8.17. The first kappa shape index (κ1) is 12.2. The summed E-state index contributed by atoms with van der Waals surface area (Å²) < 4.78 is 6.85. The molecule has 2 aromatic heterocycles. The van der Waals surface area contributed by atoms with Gasteiger partial charge in [0.2, 0.25) is 5.13 Å². The number of hydrogen-bond acceptors (Lipinski definition) is 6. The van der Waals surface area contributed by atoms with Crippen LogP contribution in [0.25, 0.3) is 5.13 Å². The molecule has 92 valence electrons. The maximum Gasteiger partial charge on any atom is 0.212 e. The van der Waals surface area contributed by atoms with Crippen molar-refractivity contribution in [3.63, 3.8) is 0 Å². The van der Waals surface area contributed by atoms with Crippen LogP contribution < -0.4 is 5.73 Å². The molecular weight excluding hydrogens is 238 g/mol. The average molecular weight is 253 g/mol. The van der Waals surface area contributed by atoms with Crippen molar-refractivity contribution in [1.29, 1.82) is 0 Å². The lowest BCUT2D eigenvalue weighted by atomic mass is 10.3. The van der Waals surface area contributed by atoms with Gasteiger partial charge in [-0.3, -0.25) is 0 Å². The predicted octanol–water partition coefficient (Wildman–Crippen LogP) is 0.946. The van der Waals surface area contributed by atoms with Crippen molar-refractivity contribution < 1.29 is 4.74 Å². The highest BCUT2D eigenvalue weighted by atomic mass is 32.1. The minimum Gasteiger partial charge on any atom is -0.378 e. The fraction of sp³-hybridized carbons (Fsp3) is 0.500. The number of nitrogens with two attached hydrogens (primary N) is 1. The van der Waals surface area contributed by atoms with E-state index >= 15 is 0 Å². The summed E-state index contributed by atoms with van der Waals surface area (Å²) in [6.07, 6.45) is 0. The highest BCUT2D eigenvalue weighted by Gasteiger charge is 2.16. The topological polar surface area (TPSA) is 78.9 Å². The molecule has 0 unspecified atom stereocenters. The molecule has 7 heteroatoms. The van der Waals surface area contributed by atoms with E-state index in [2.05, 4.69) is 15.3 Å². The molecule has 0 radical (unpaired) electrons. The van der Waals surface area contributed by atoms with E-state index in [1.54, 1.807) is 23.1 Å². The van der Waals surface area contributed by atoms with Gasteiger partial charge in [0.05, 0.1) is 18.0 Å². The molecule has 0 bridgehead atoms. The van der Waals surface area contributed by atoms with E-state index in [1.807, 2.05) is 13.8 Å². The van der Waals surface area contributed by atoms with Crippen molar-refractivity contribution >= 4 is 11.3 Å². The van der Waals surface area contributed by atoms with Gasteiger partial charge < -0.3 is 10.5 Å². The number of rotatable bonds is 4. The normalized spacial score (nSPS) is 11.1. The Bertz CT molecular complexity index is 499. The van der Waals surface area contributed by atoms with Crippen LogP contribution in [0.2, 0.25) is 0 Å². The van der Waals surface area contributed by atoms with E-state index in [-0.39, 0.29) is 0 Å². The number of aryl methyl sites for hydroxylation is 2. The summed E-state index contributed by atoms with van der Waals surface area (Å²) in [5.74, 6) is 0. The van der Waals surface area contributed by atoms with E-state index in [1.165, 1.54) is 4.88 Å². The van der Waals surface area contributed by atoms with Crippen LogP contribution in [0.4, 0.5) is 0 Å². The van der Waals surface area contributed by atoms with E-state index < -0.39 is 0 Å². The molecule has 2 aromatic rings. The second-order valence-corrected chi connectivity index (χ2v) is 4.85. The van der Waals surface area contributed by atoms with Crippen LogP contribution in [-0.4, -0.2) is 27.1 Å². The van der Waals surface area contributed by atoms with Gasteiger partial charge in [-0.15, -0.1) is 5.10 Å². The Morgan fingerprint density at radius 1 is 1.41 bits per heavy atom. The van der Waals surface area contributed by atoms with Crippen molar-refractivity contribution in [3.05, 3.63) is 22.0 Å². The molecule has 0 aliphatic rings. The second kappa shape index (κ2) is 4.91. The van der Waals surface area contributed by atoms with Crippen LogP contribution in [0.3, 0.4) is 0 Å². The van der Waals surface area contributed by atoms with Gasteiger partial charge in [0.25, 0.3) is 0 Å². The van der Waals surface area contributed by atoms with Crippen LogP contribution in [0, 0.1) is 13.8 Å². The Hall–Kier alpha value is -1.31. The number of methoxy groups -OCH3 is 1. The number of thiazole rings is 1. The van der Waals surface area contributed by atoms with Crippen LogP contribution in [0.5, 0.6) is 0 Å². The van der Waals surface area contributed by atoms with E-state index in [0.717, 1.165) is 22.2 Å². The zero-order valence-corrected chi connectivity index (χ0v) is 10.9. The molecule has 0 fully saturated rings. The minimum atomic E-state index is 0.349. The zero-order valence-electron chi connectivity index (χ0n) is 10.1. The first-order valence-electron chi connectivity index (χ1n) is 5.24. The number of nitrogens with zero attached hydrogens (tertiary/aromatic N) is 4. The van der Waals surface area contributed by atoms with Gasteiger partial charge in [-0.2, -0.15) is 4.68 Å². The molecule has 0 saturated heterocycles. The van der Waals surface area contributed by atoms with E-state index in [4.69, 9.17) is 10.5 Å². The van der Waals surface area contributed by atoms with Crippen LogP contribution in [-0.2, 0) is 17.9 Å². The lowest BCUT2D eigenvalue weighted by Crippen LogP contribution is -2.07. The Morgan fingerprint density at radius 3 is 2.71 bits per heavy atom. The SMILES string of the molecule is COCc1c(CN)nnn1-c1nc(C)c(C)s1. The summed E-state index contributed by atoms with van der Waals surface area (Å²) in [4.78, 5) is 5.63. The van der Waals surface area contributed by atoms with E-state index in [9.17, 15) is 0 Å². The molecule has 0 atom stereocenters. The zero-order chi connectivity index (χ0) is 12.4. The van der Waals surface area contributed by atoms with Crippen molar-refractivity contribution in [3.8, 4) is 5.13 Å². The fourth-order valence-electron chi connectivity index (χ4n) is 1.47. The van der Waals surface area contributed by atoms with Gasteiger partial charge in [0.15, 0.2) is 0 Å². The Labute approximate surface area is 103 Å². The molecular formula is C10H15N5OS. The smallest absolute Gasteiger partial charge is 0.212 e. The largest absolute Gasteiger partial charge is 0.378 e. The van der Waals surface area contributed by atoms with Gasteiger partial charge in [-0.05, 0) is 13.8 Å². The molecule has 2 heterocycles. The van der Waals surface area contributed by atoms with Crippen LogP contribution in [0.1, 0.15) is 22.0 Å². The maximum absolute atomic E-state index is 5.62. The van der Waals surface area contributed by atoms with Gasteiger partial charge in [0.1, 0.15) is 5.69 Å². The van der Waals surface area contributed by atoms with Gasteiger partial charge in [0, 0.05) is 18.5 Å². The molecule has 2 N–H and O–H groups in total. The molecule has 17 heavy (non-hydrogen) atoms. The summed E-state index contributed by atoms with van der Waals surface area (Å²) in [5, 5.41) is 8.93. The highest BCUT2D eigenvalue weighted by molar-refractivity contribution is 7.14. The van der Waals surface area contributed by atoms with Gasteiger partial charge >= 0.3 is 0 Å². The van der Waals surface area contributed by atoms with Gasteiger partial charge in [-0.1, -0.05) is 16.6 Å². The third-order valence-corrected chi connectivity index (χ3v) is 3.56. The molecule has 0 saturated carbocycles. The molecule has 2 rings (SSSR count). The summed E-state index contributed by atoms with van der Waals surface area (Å²) in [6, 6.07) is 0. The standard InChI is InChI=1S/C10H15N5OS/c1-6-7(2)17-10(12-6)15-9(5-16-3)8(4-11)13-14-15/h4-5,11H2,1-3H3.